The molecule has 0 spiro atoms. The summed E-state index contributed by atoms with van der Waals surface area (Å²) in [4.78, 5) is 26.0. The first kappa shape index (κ1) is 29.8. The lowest BCUT2D eigenvalue weighted by Gasteiger charge is -2.34. The molecule has 2 unspecified atom stereocenters. The van der Waals surface area contributed by atoms with E-state index in [1.165, 1.54) is 36.7 Å². The fraction of sp³-hybridized carbons (Fsp3) is 0.346. The minimum atomic E-state index is -3.20. The van der Waals surface area contributed by atoms with Crippen molar-refractivity contribution in [3.63, 3.8) is 0 Å². The quantitative estimate of drug-likeness (QED) is 0.110. The maximum absolute atomic E-state index is 13.9. The van der Waals surface area contributed by atoms with Crippen molar-refractivity contribution in [2.75, 3.05) is 20.6 Å². The van der Waals surface area contributed by atoms with Crippen LogP contribution in [0, 0.1) is 11.7 Å². The molecule has 3 heterocycles. The number of carbonyl (C=O) groups excluding carboxylic acids is 1. The van der Waals surface area contributed by atoms with Gasteiger partial charge in [0, 0.05) is 57.6 Å². The van der Waals surface area contributed by atoms with Crippen molar-refractivity contribution >= 4 is 55.7 Å². The van der Waals surface area contributed by atoms with Crippen molar-refractivity contribution in [3.05, 3.63) is 71.2 Å². The smallest absolute Gasteiger partial charge is 0.260 e. The average molecular weight is 693 g/mol. The molecule has 0 bridgehead atoms. The van der Waals surface area contributed by atoms with Crippen molar-refractivity contribution < 1.29 is 26.7 Å². The van der Waals surface area contributed by atoms with Gasteiger partial charge in [0.05, 0.1) is 29.5 Å². The molecule has 0 N–H and O–H groups in total. The van der Waals surface area contributed by atoms with E-state index in [1.54, 1.807) is 30.5 Å². The van der Waals surface area contributed by atoms with Crippen LogP contribution in [0.4, 0.5) is 13.2 Å². The zero-order chi connectivity index (χ0) is 28.8. The number of quaternary nitrogens is 1. The molecule has 0 radical (unpaired) electrons. The number of amides is 1. The summed E-state index contributed by atoms with van der Waals surface area (Å²) in [5, 5.41) is 0.159. The standard InChI is InChI=1S/C26H27ClF3IN5O2S/c1-16-9-22(35(14-16)39(4,38)20-7-5-19(28)6-8-20)24(37)36(2,3)15-17-10-21(34-23(27)11-17)18-12-32-25(33-13-18)26(29,30)31/h5-8,10-13,16,22H,4,9,14-15H2,1-3H3/q+1/t16?,22-,39?/m0/s1. The highest BCUT2D eigenvalue weighted by Gasteiger charge is 2.46. The number of benzene rings is 1. The third kappa shape index (κ3) is 6.62. The number of carbonyl (C=O) groups is 1. The van der Waals surface area contributed by atoms with Crippen LogP contribution in [0.15, 0.2) is 53.7 Å². The highest BCUT2D eigenvalue weighted by Crippen LogP contribution is 2.34. The Balaban J connectivity index is 1.59. The minimum Gasteiger partial charge on any atom is -0.260 e. The summed E-state index contributed by atoms with van der Waals surface area (Å²) in [6, 6.07) is 8.00. The van der Waals surface area contributed by atoms with E-state index in [2.05, 4.69) is 20.8 Å². The molecule has 0 aliphatic carbocycles. The van der Waals surface area contributed by atoms with Crippen molar-refractivity contribution in [2.24, 2.45) is 5.92 Å². The van der Waals surface area contributed by atoms with Crippen molar-refractivity contribution in [2.45, 2.75) is 34.8 Å². The van der Waals surface area contributed by atoms with Crippen LogP contribution in [0.3, 0.4) is 0 Å². The maximum atomic E-state index is 13.9. The molecule has 1 aliphatic heterocycles. The summed E-state index contributed by atoms with van der Waals surface area (Å²) < 4.78 is 52.6. The Labute approximate surface area is 244 Å². The maximum Gasteiger partial charge on any atom is 0.354 e. The van der Waals surface area contributed by atoms with E-state index in [-0.39, 0.29) is 28.0 Å². The van der Waals surface area contributed by atoms with Crippen molar-refractivity contribution in [3.8, 4) is 11.3 Å². The summed E-state index contributed by atoms with van der Waals surface area (Å²) in [6.07, 6.45) is 3.00. The fourth-order valence-electron chi connectivity index (χ4n) is 4.67. The molecule has 2 aromatic heterocycles. The Morgan fingerprint density at radius 2 is 1.85 bits per heavy atom. The Kier molecular flexibility index (Phi) is 8.44. The van der Waals surface area contributed by atoms with Crippen LogP contribution in [0.2, 0.25) is 5.15 Å². The van der Waals surface area contributed by atoms with E-state index in [9.17, 15) is 22.2 Å². The summed E-state index contributed by atoms with van der Waals surface area (Å²) in [5.41, 5.74) is 1.45. The molecule has 3 atom stereocenters. The molecule has 1 fully saturated rings. The predicted octanol–water partition coefficient (Wildman–Crippen LogP) is 5.32. The molecular formula is C26H27ClF3IN5O2S+. The average Bonchev–Trinajstić information content (AvgIpc) is 3.25. The van der Waals surface area contributed by atoms with E-state index in [0.29, 0.717) is 34.7 Å². The number of nitrogens with zero attached hydrogens (tertiary/aromatic N) is 5. The predicted molar refractivity (Wildman–Crippen MR) is 153 cm³/mol. The lowest BCUT2D eigenvalue weighted by atomic mass is 10.1. The van der Waals surface area contributed by atoms with Gasteiger partial charge in [0.15, 0.2) is 0 Å². The number of alkyl halides is 3. The van der Waals surface area contributed by atoms with E-state index >= 15 is 0 Å². The fourth-order valence-corrected chi connectivity index (χ4v) is 7.10. The topological polar surface area (TPSA) is 76.1 Å². The zero-order valence-corrected chi connectivity index (χ0v) is 25.2. The first-order chi connectivity index (χ1) is 18.1. The molecule has 1 aliphatic rings. The van der Waals surface area contributed by atoms with Crippen LogP contribution in [-0.4, -0.2) is 66.4 Å². The summed E-state index contributed by atoms with van der Waals surface area (Å²) in [6.45, 7) is 2.62. The van der Waals surface area contributed by atoms with Gasteiger partial charge in [-0.25, -0.2) is 32.7 Å². The first-order valence-corrected chi connectivity index (χ1v) is 15.0. The zero-order valence-electron chi connectivity index (χ0n) is 21.5. The van der Waals surface area contributed by atoms with E-state index < -0.39 is 31.3 Å². The van der Waals surface area contributed by atoms with Gasteiger partial charge >= 0.3 is 9.84 Å². The van der Waals surface area contributed by atoms with Crippen LogP contribution < -0.4 is 0 Å². The number of hydrogen-bond acceptors (Lipinski definition) is 5. The van der Waals surface area contributed by atoms with E-state index in [4.69, 9.17) is 11.6 Å². The molecule has 208 valence electrons. The number of rotatable bonds is 7. The number of hydrogen-bond donors (Lipinski definition) is 0. The molecular weight excluding hydrogens is 666 g/mol. The highest BCUT2D eigenvalue weighted by molar-refractivity contribution is 14.1. The largest absolute Gasteiger partial charge is 0.354 e. The highest BCUT2D eigenvalue weighted by atomic mass is 127. The Morgan fingerprint density at radius 1 is 1.23 bits per heavy atom. The third-order valence-corrected chi connectivity index (χ3v) is 9.39. The summed E-state index contributed by atoms with van der Waals surface area (Å²) in [7, 11) is 0.459. The van der Waals surface area contributed by atoms with Gasteiger partial charge < -0.3 is 0 Å². The Bertz CT molecular complexity index is 1480. The second kappa shape index (κ2) is 11.0. The summed E-state index contributed by atoms with van der Waals surface area (Å²) >= 11 is 7.23. The van der Waals surface area contributed by atoms with Crippen molar-refractivity contribution in [1.29, 1.82) is 0 Å². The molecule has 1 amide bonds. The van der Waals surface area contributed by atoms with Crippen LogP contribution in [-0.2, 0) is 25.0 Å². The molecule has 13 heteroatoms. The molecule has 1 saturated heterocycles. The molecule has 7 nitrogen and oxygen atoms in total. The number of likely N-dealkylation sites (N-methyl/N-ethyl adjacent to an activating group) is 1. The lowest BCUT2D eigenvalue weighted by Crippen LogP contribution is -2.54. The van der Waals surface area contributed by atoms with Gasteiger partial charge in [0.1, 0.15) is 23.6 Å². The van der Waals surface area contributed by atoms with Crippen LogP contribution in [0.1, 0.15) is 24.7 Å². The number of aromatic nitrogens is 3. The van der Waals surface area contributed by atoms with Gasteiger partial charge in [-0.2, -0.15) is 8.78 Å². The number of halogens is 5. The monoisotopic (exact) mass is 692 g/mol. The van der Waals surface area contributed by atoms with Crippen LogP contribution in [0.5, 0.6) is 0 Å². The van der Waals surface area contributed by atoms with Gasteiger partial charge in [-0.05, 0) is 54.6 Å². The van der Waals surface area contributed by atoms with Gasteiger partial charge in [-0.3, -0.25) is 4.48 Å². The Hall–Kier alpha value is -2.13. The van der Waals surface area contributed by atoms with Crippen molar-refractivity contribution in [1.82, 2.24) is 19.3 Å². The molecule has 0 saturated carbocycles. The normalized spacial score (nSPS) is 20.1. The summed E-state index contributed by atoms with van der Waals surface area (Å²) in [5.74, 6) is 2.82. The van der Waals surface area contributed by atoms with Gasteiger partial charge in [0.25, 0.3) is 0 Å². The minimum absolute atomic E-state index is 0.0941. The van der Waals surface area contributed by atoms with Gasteiger partial charge in [-0.1, -0.05) is 18.5 Å². The van der Waals surface area contributed by atoms with Gasteiger partial charge in [-0.15, -0.1) is 0 Å². The second-order valence-electron chi connectivity index (χ2n) is 10.2. The van der Waals surface area contributed by atoms with Crippen LogP contribution in [0.25, 0.3) is 11.3 Å². The SMILES string of the molecule is C=S(=O)(c1ccc(F)cc1)N1CC(C)C[C@H]1C(=O)[N+](C)(C)Cc1cc(Cl)nc(-c2cnc(C(F)(F)I)nc2)c1. The Morgan fingerprint density at radius 3 is 2.44 bits per heavy atom. The molecule has 1 aromatic carbocycles. The molecule has 4 rings (SSSR count). The number of pyridine rings is 1. The first-order valence-electron chi connectivity index (χ1n) is 11.9. The van der Waals surface area contributed by atoms with E-state index in [0.717, 1.165) is 22.6 Å². The van der Waals surface area contributed by atoms with Gasteiger partial charge in [0.2, 0.25) is 5.82 Å². The third-order valence-electron chi connectivity index (χ3n) is 6.54. The molecule has 3 aromatic rings. The van der Waals surface area contributed by atoms with E-state index in [1.807, 2.05) is 6.92 Å². The second-order valence-corrected chi connectivity index (χ2v) is 14.2. The van der Waals surface area contributed by atoms with Crippen LogP contribution >= 0.6 is 34.2 Å². The molecule has 39 heavy (non-hydrogen) atoms. The lowest BCUT2D eigenvalue weighted by molar-refractivity contribution is -0.828.